The molecule has 0 fully saturated rings. The van der Waals surface area contributed by atoms with Crippen molar-refractivity contribution in [2.75, 3.05) is 13.2 Å². The van der Waals surface area contributed by atoms with E-state index in [1.807, 2.05) is 45.0 Å². The van der Waals surface area contributed by atoms with Crippen LogP contribution >= 0.6 is 23.2 Å². The largest absolute Gasteiger partial charge is 0.494 e. The van der Waals surface area contributed by atoms with Gasteiger partial charge in [0.15, 0.2) is 0 Å². The summed E-state index contributed by atoms with van der Waals surface area (Å²) in [5, 5.41) is 3.85. The van der Waals surface area contributed by atoms with Gasteiger partial charge in [-0.3, -0.25) is 9.59 Å². The maximum Gasteiger partial charge on any atom is 0.242 e. The highest BCUT2D eigenvalue weighted by molar-refractivity contribution is 6.36. The number of carbonyl (C=O) groups excluding carboxylic acids is 2. The highest BCUT2D eigenvalue weighted by Crippen LogP contribution is 2.27. The molecule has 1 atom stereocenters. The zero-order valence-electron chi connectivity index (χ0n) is 19.0. The van der Waals surface area contributed by atoms with Crippen LogP contribution in [0.5, 0.6) is 5.75 Å². The molecule has 2 aromatic rings. The molecule has 0 spiro atoms. The van der Waals surface area contributed by atoms with Crippen LogP contribution in [0.15, 0.2) is 42.5 Å². The maximum atomic E-state index is 13.2. The average molecular weight is 479 g/mol. The molecular formula is C25H32Cl2N2O3. The number of nitrogens with zero attached hydrogens (tertiary/aromatic N) is 1. The highest BCUT2D eigenvalue weighted by Gasteiger charge is 2.29. The van der Waals surface area contributed by atoms with E-state index in [2.05, 4.69) is 5.32 Å². The van der Waals surface area contributed by atoms with Gasteiger partial charge in [0.05, 0.1) is 6.61 Å². The number of amides is 2. The summed E-state index contributed by atoms with van der Waals surface area (Å²) in [6.45, 7) is 7.05. The lowest BCUT2D eigenvalue weighted by molar-refractivity contribution is -0.141. The molecule has 174 valence electrons. The number of benzene rings is 2. The third-order valence-corrected chi connectivity index (χ3v) is 5.86. The van der Waals surface area contributed by atoms with Gasteiger partial charge in [0.2, 0.25) is 11.8 Å². The van der Waals surface area contributed by atoms with Gasteiger partial charge in [-0.1, -0.05) is 60.8 Å². The van der Waals surface area contributed by atoms with Crippen molar-refractivity contribution in [3.63, 3.8) is 0 Å². The van der Waals surface area contributed by atoms with Gasteiger partial charge in [-0.2, -0.15) is 0 Å². The van der Waals surface area contributed by atoms with Gasteiger partial charge in [-0.05, 0) is 50.5 Å². The first-order valence-corrected chi connectivity index (χ1v) is 11.8. The number of ether oxygens (including phenoxy) is 1. The van der Waals surface area contributed by atoms with Crippen molar-refractivity contribution in [1.29, 1.82) is 0 Å². The lowest BCUT2D eigenvalue weighted by Crippen LogP contribution is -2.49. The van der Waals surface area contributed by atoms with E-state index in [-0.39, 0.29) is 24.8 Å². The van der Waals surface area contributed by atoms with E-state index in [1.54, 1.807) is 23.1 Å². The molecule has 0 aliphatic carbocycles. The average Bonchev–Trinajstić information content (AvgIpc) is 2.78. The molecule has 1 N–H and O–H groups in total. The lowest BCUT2D eigenvalue weighted by Gasteiger charge is -2.31. The van der Waals surface area contributed by atoms with Crippen molar-refractivity contribution < 1.29 is 14.3 Å². The molecule has 32 heavy (non-hydrogen) atoms. The van der Waals surface area contributed by atoms with Crippen LogP contribution < -0.4 is 10.1 Å². The summed E-state index contributed by atoms with van der Waals surface area (Å²) in [5.41, 5.74) is 1.80. The molecule has 0 saturated carbocycles. The first-order valence-electron chi connectivity index (χ1n) is 11.1. The van der Waals surface area contributed by atoms with Crippen LogP contribution in [0.3, 0.4) is 0 Å². The molecule has 0 heterocycles. The van der Waals surface area contributed by atoms with Gasteiger partial charge in [-0.25, -0.2) is 0 Å². The van der Waals surface area contributed by atoms with Gasteiger partial charge in [0.1, 0.15) is 11.8 Å². The Morgan fingerprint density at radius 1 is 1.06 bits per heavy atom. The van der Waals surface area contributed by atoms with Gasteiger partial charge >= 0.3 is 0 Å². The molecule has 0 aliphatic rings. The Morgan fingerprint density at radius 3 is 2.31 bits per heavy atom. The van der Waals surface area contributed by atoms with Gasteiger partial charge in [0.25, 0.3) is 0 Å². The Labute approximate surface area is 201 Å². The predicted molar refractivity (Wildman–Crippen MR) is 130 cm³/mol. The third kappa shape index (κ3) is 7.72. The Hall–Kier alpha value is -2.24. The van der Waals surface area contributed by atoms with Gasteiger partial charge in [0, 0.05) is 35.1 Å². The quantitative estimate of drug-likeness (QED) is 0.392. The van der Waals surface area contributed by atoms with Crippen molar-refractivity contribution in [3.8, 4) is 5.75 Å². The monoisotopic (exact) mass is 478 g/mol. The van der Waals surface area contributed by atoms with Crippen LogP contribution in [0.1, 0.15) is 50.7 Å². The second-order valence-electron chi connectivity index (χ2n) is 7.70. The predicted octanol–water partition coefficient (Wildman–Crippen LogP) is 5.79. The normalized spacial score (nSPS) is 11.7. The molecule has 0 saturated heterocycles. The fourth-order valence-electron chi connectivity index (χ4n) is 3.33. The van der Waals surface area contributed by atoms with Crippen molar-refractivity contribution in [2.45, 2.75) is 59.0 Å². The first kappa shape index (κ1) is 26.0. The minimum absolute atomic E-state index is 0.132. The number of rotatable bonds is 12. The maximum absolute atomic E-state index is 13.2. The summed E-state index contributed by atoms with van der Waals surface area (Å²) >= 11 is 12.7. The van der Waals surface area contributed by atoms with Crippen LogP contribution in [0, 0.1) is 6.92 Å². The second-order valence-corrected chi connectivity index (χ2v) is 8.52. The number of nitrogens with one attached hydrogen (secondary N) is 1. The van der Waals surface area contributed by atoms with E-state index in [4.69, 9.17) is 27.9 Å². The van der Waals surface area contributed by atoms with E-state index in [1.165, 1.54) is 0 Å². The van der Waals surface area contributed by atoms with Crippen molar-refractivity contribution in [3.05, 3.63) is 63.6 Å². The van der Waals surface area contributed by atoms with Crippen LogP contribution in [0.25, 0.3) is 0 Å². The lowest BCUT2D eigenvalue weighted by atomic mass is 10.1. The SMILES string of the molecule is CCCNC(=O)C(CC)N(Cc1c(Cl)cccc1Cl)C(=O)CCCOc1ccc(C)cc1. The minimum atomic E-state index is -0.598. The minimum Gasteiger partial charge on any atom is -0.494 e. The molecule has 0 aliphatic heterocycles. The smallest absolute Gasteiger partial charge is 0.242 e. The summed E-state index contributed by atoms with van der Waals surface area (Å²) in [6, 6.07) is 12.4. The van der Waals surface area contributed by atoms with Gasteiger partial charge < -0.3 is 15.0 Å². The molecule has 0 aromatic heterocycles. The molecule has 0 radical (unpaired) electrons. The summed E-state index contributed by atoms with van der Waals surface area (Å²) < 4.78 is 5.74. The Morgan fingerprint density at radius 2 is 1.72 bits per heavy atom. The fraction of sp³-hybridized carbons (Fsp3) is 0.440. The van der Waals surface area contributed by atoms with Crippen LogP contribution in [0.2, 0.25) is 10.0 Å². The van der Waals surface area contributed by atoms with Crippen LogP contribution in [0.4, 0.5) is 0 Å². The molecule has 5 nitrogen and oxygen atoms in total. The van der Waals surface area contributed by atoms with E-state index in [0.29, 0.717) is 41.6 Å². The van der Waals surface area contributed by atoms with E-state index in [9.17, 15) is 9.59 Å². The van der Waals surface area contributed by atoms with Crippen LogP contribution in [-0.2, 0) is 16.1 Å². The number of hydrogen-bond donors (Lipinski definition) is 1. The van der Waals surface area contributed by atoms with E-state index >= 15 is 0 Å². The molecule has 0 bridgehead atoms. The third-order valence-electron chi connectivity index (χ3n) is 5.15. The summed E-state index contributed by atoms with van der Waals surface area (Å²) in [5.74, 6) is 0.474. The van der Waals surface area contributed by atoms with Gasteiger partial charge in [-0.15, -0.1) is 0 Å². The molecule has 2 aromatic carbocycles. The topological polar surface area (TPSA) is 58.6 Å². The molecule has 2 amide bonds. The standard InChI is InChI=1S/C25H32Cl2N2O3/c1-4-15-28-25(31)23(5-2)29(17-20-21(26)8-6-9-22(20)27)24(30)10-7-16-32-19-13-11-18(3)12-14-19/h6,8-9,11-14,23H,4-5,7,10,15-17H2,1-3H3,(H,28,31). The van der Waals surface area contributed by atoms with E-state index < -0.39 is 6.04 Å². The summed E-state index contributed by atoms with van der Waals surface area (Å²) in [6.07, 6.45) is 2.10. The van der Waals surface area contributed by atoms with Crippen molar-refractivity contribution >= 4 is 35.0 Å². The Balaban J connectivity index is 2.10. The first-order chi connectivity index (χ1) is 15.4. The molecule has 2 rings (SSSR count). The van der Waals surface area contributed by atoms with E-state index in [0.717, 1.165) is 17.7 Å². The molecular weight excluding hydrogens is 447 g/mol. The number of halogens is 2. The Bertz CT molecular complexity index is 867. The second kappa shape index (κ2) is 13.3. The molecule has 7 heteroatoms. The number of aryl methyl sites for hydroxylation is 1. The number of hydrogen-bond acceptors (Lipinski definition) is 3. The zero-order chi connectivity index (χ0) is 23.5. The fourth-order valence-corrected chi connectivity index (χ4v) is 3.85. The summed E-state index contributed by atoms with van der Waals surface area (Å²) in [7, 11) is 0. The molecule has 1 unspecified atom stereocenters. The summed E-state index contributed by atoms with van der Waals surface area (Å²) in [4.78, 5) is 27.6. The number of carbonyl (C=O) groups is 2. The van der Waals surface area contributed by atoms with Crippen LogP contribution in [-0.4, -0.2) is 35.9 Å². The zero-order valence-corrected chi connectivity index (χ0v) is 20.5. The van der Waals surface area contributed by atoms with Crippen molar-refractivity contribution in [1.82, 2.24) is 10.2 Å². The van der Waals surface area contributed by atoms with Crippen molar-refractivity contribution in [2.24, 2.45) is 0 Å². The highest BCUT2D eigenvalue weighted by atomic mass is 35.5. The Kier molecular flexibility index (Phi) is 10.8.